The summed E-state index contributed by atoms with van der Waals surface area (Å²) in [5.74, 6) is 0.663. The van der Waals surface area contributed by atoms with E-state index in [4.69, 9.17) is 0 Å². The van der Waals surface area contributed by atoms with Gasteiger partial charge in [0, 0.05) is 25.8 Å². The molecular weight excluding hydrogens is 248 g/mol. The maximum absolute atomic E-state index is 9.43. The normalized spacial score (nSPS) is 12.8. The predicted molar refractivity (Wildman–Crippen MR) is 87.3 cm³/mol. The number of aliphatic hydroxyl groups excluding tert-OH is 1. The summed E-state index contributed by atoms with van der Waals surface area (Å²) in [5.41, 5.74) is 3.88. The Morgan fingerprint density at radius 1 is 1.25 bits per heavy atom. The first kappa shape index (κ1) is 17.0. The first-order chi connectivity index (χ1) is 9.40. The maximum Gasteiger partial charge on any atom is 0.0528 e. The lowest BCUT2D eigenvalue weighted by atomic mass is 10.1. The molecule has 3 nitrogen and oxygen atoms in total. The fourth-order valence-electron chi connectivity index (χ4n) is 2.22. The molecule has 0 saturated carbocycles. The summed E-state index contributed by atoms with van der Waals surface area (Å²) in [6.45, 7) is 11.2. The van der Waals surface area contributed by atoms with Crippen molar-refractivity contribution in [2.45, 2.75) is 46.8 Å². The van der Waals surface area contributed by atoms with Crippen LogP contribution in [0.3, 0.4) is 0 Å². The molecule has 114 valence electrons. The van der Waals surface area contributed by atoms with Crippen molar-refractivity contribution in [2.24, 2.45) is 5.92 Å². The number of aliphatic hydroxyl groups is 1. The zero-order valence-electron chi connectivity index (χ0n) is 13.6. The Labute approximate surface area is 124 Å². The maximum atomic E-state index is 9.43. The molecule has 0 aliphatic rings. The molecule has 0 saturated heterocycles. The van der Waals surface area contributed by atoms with Crippen LogP contribution in [-0.4, -0.2) is 31.3 Å². The zero-order valence-corrected chi connectivity index (χ0v) is 13.6. The van der Waals surface area contributed by atoms with E-state index in [0.717, 1.165) is 26.1 Å². The van der Waals surface area contributed by atoms with Gasteiger partial charge in [0.2, 0.25) is 0 Å². The molecule has 3 heteroatoms. The summed E-state index contributed by atoms with van der Waals surface area (Å²) in [7, 11) is 2.10. The summed E-state index contributed by atoms with van der Waals surface area (Å²) in [6.07, 6.45) is 0.550. The Balaban J connectivity index is 2.73. The zero-order chi connectivity index (χ0) is 15.1. The standard InChI is InChI=1S/C17H30N2O/c1-13(2)11-18-12-16-10-14(3)6-7-17(16)19(5)9-8-15(4)20/h6-7,10,13,15,18,20H,8-9,11-12H2,1-5H3. The SMILES string of the molecule is Cc1ccc(N(C)CCC(C)O)c(CNCC(C)C)c1. The highest BCUT2D eigenvalue weighted by molar-refractivity contribution is 5.54. The Hall–Kier alpha value is -1.06. The van der Waals surface area contributed by atoms with Crippen LogP contribution in [0.2, 0.25) is 0 Å². The Morgan fingerprint density at radius 2 is 1.95 bits per heavy atom. The van der Waals surface area contributed by atoms with E-state index in [1.54, 1.807) is 0 Å². The van der Waals surface area contributed by atoms with Gasteiger partial charge in [-0.05, 0) is 44.4 Å². The van der Waals surface area contributed by atoms with Crippen molar-refractivity contribution in [2.75, 3.05) is 25.0 Å². The molecule has 0 aliphatic heterocycles. The summed E-state index contributed by atoms with van der Waals surface area (Å²) >= 11 is 0. The van der Waals surface area contributed by atoms with Crippen molar-refractivity contribution in [1.29, 1.82) is 0 Å². The average Bonchev–Trinajstić information content (AvgIpc) is 2.35. The van der Waals surface area contributed by atoms with E-state index in [-0.39, 0.29) is 6.10 Å². The van der Waals surface area contributed by atoms with E-state index in [0.29, 0.717) is 5.92 Å². The van der Waals surface area contributed by atoms with Gasteiger partial charge in [0.25, 0.3) is 0 Å². The minimum absolute atomic E-state index is 0.245. The van der Waals surface area contributed by atoms with Crippen LogP contribution in [-0.2, 0) is 6.54 Å². The molecule has 20 heavy (non-hydrogen) atoms. The molecule has 1 rings (SSSR count). The second kappa shape index (κ2) is 8.28. The molecule has 0 spiro atoms. The molecule has 1 aromatic carbocycles. The largest absolute Gasteiger partial charge is 0.393 e. The Bertz CT molecular complexity index is 402. The number of nitrogens with zero attached hydrogens (tertiary/aromatic N) is 1. The monoisotopic (exact) mass is 278 g/mol. The molecule has 0 amide bonds. The van der Waals surface area contributed by atoms with Gasteiger partial charge in [-0.15, -0.1) is 0 Å². The minimum atomic E-state index is -0.245. The summed E-state index contributed by atoms with van der Waals surface area (Å²) in [6, 6.07) is 6.59. The van der Waals surface area contributed by atoms with Gasteiger partial charge in [0.05, 0.1) is 6.10 Å². The lowest BCUT2D eigenvalue weighted by Crippen LogP contribution is -2.25. The van der Waals surface area contributed by atoms with Gasteiger partial charge in [-0.25, -0.2) is 0 Å². The van der Waals surface area contributed by atoms with Gasteiger partial charge in [0.1, 0.15) is 0 Å². The average molecular weight is 278 g/mol. The fourth-order valence-corrected chi connectivity index (χ4v) is 2.22. The molecule has 0 fully saturated rings. The van der Waals surface area contributed by atoms with Crippen LogP contribution in [0, 0.1) is 12.8 Å². The summed E-state index contributed by atoms with van der Waals surface area (Å²) < 4.78 is 0. The van der Waals surface area contributed by atoms with Crippen LogP contribution in [0.4, 0.5) is 5.69 Å². The topological polar surface area (TPSA) is 35.5 Å². The third-order valence-electron chi connectivity index (χ3n) is 3.40. The first-order valence-corrected chi connectivity index (χ1v) is 7.59. The van der Waals surface area contributed by atoms with E-state index in [9.17, 15) is 5.11 Å². The molecular formula is C17H30N2O. The summed E-state index contributed by atoms with van der Waals surface area (Å²) in [4.78, 5) is 2.23. The minimum Gasteiger partial charge on any atom is -0.393 e. The molecule has 1 atom stereocenters. The van der Waals surface area contributed by atoms with Crippen molar-refractivity contribution >= 4 is 5.69 Å². The van der Waals surface area contributed by atoms with Crippen molar-refractivity contribution < 1.29 is 5.11 Å². The van der Waals surface area contributed by atoms with Crippen LogP contribution in [0.15, 0.2) is 18.2 Å². The number of rotatable bonds is 8. The lowest BCUT2D eigenvalue weighted by Gasteiger charge is -2.24. The molecule has 1 unspecified atom stereocenters. The van der Waals surface area contributed by atoms with Gasteiger partial charge in [0.15, 0.2) is 0 Å². The molecule has 0 heterocycles. The predicted octanol–water partition coefficient (Wildman–Crippen LogP) is 2.95. The number of aryl methyl sites for hydroxylation is 1. The second-order valence-electron chi connectivity index (χ2n) is 6.22. The van der Waals surface area contributed by atoms with Crippen LogP contribution >= 0.6 is 0 Å². The first-order valence-electron chi connectivity index (χ1n) is 7.59. The van der Waals surface area contributed by atoms with Gasteiger partial charge in [-0.1, -0.05) is 31.5 Å². The van der Waals surface area contributed by atoms with Crippen molar-refractivity contribution in [3.8, 4) is 0 Å². The number of hydrogen-bond donors (Lipinski definition) is 2. The van der Waals surface area contributed by atoms with Crippen LogP contribution < -0.4 is 10.2 Å². The van der Waals surface area contributed by atoms with E-state index < -0.39 is 0 Å². The highest BCUT2D eigenvalue weighted by atomic mass is 16.3. The third-order valence-corrected chi connectivity index (χ3v) is 3.40. The van der Waals surface area contributed by atoms with Crippen molar-refractivity contribution in [3.05, 3.63) is 29.3 Å². The summed E-state index contributed by atoms with van der Waals surface area (Å²) in [5, 5.41) is 12.9. The highest BCUT2D eigenvalue weighted by Gasteiger charge is 2.09. The van der Waals surface area contributed by atoms with Crippen LogP contribution in [0.1, 0.15) is 38.3 Å². The third kappa shape index (κ3) is 5.93. The van der Waals surface area contributed by atoms with Crippen molar-refractivity contribution in [3.63, 3.8) is 0 Å². The van der Waals surface area contributed by atoms with E-state index in [2.05, 4.69) is 56.2 Å². The molecule has 0 radical (unpaired) electrons. The number of hydrogen-bond acceptors (Lipinski definition) is 3. The molecule has 0 aromatic heterocycles. The van der Waals surface area contributed by atoms with Gasteiger partial charge in [-0.2, -0.15) is 0 Å². The van der Waals surface area contributed by atoms with Gasteiger partial charge >= 0.3 is 0 Å². The fraction of sp³-hybridized carbons (Fsp3) is 0.647. The quantitative estimate of drug-likeness (QED) is 0.767. The van der Waals surface area contributed by atoms with Crippen molar-refractivity contribution in [1.82, 2.24) is 5.32 Å². The molecule has 0 aliphatic carbocycles. The number of anilines is 1. The molecule has 0 bridgehead atoms. The Kier molecular flexibility index (Phi) is 7.03. The second-order valence-corrected chi connectivity index (χ2v) is 6.22. The number of nitrogens with one attached hydrogen (secondary N) is 1. The lowest BCUT2D eigenvalue weighted by molar-refractivity contribution is 0.187. The van der Waals surface area contributed by atoms with Gasteiger partial charge < -0.3 is 15.3 Å². The van der Waals surface area contributed by atoms with Gasteiger partial charge in [-0.3, -0.25) is 0 Å². The Morgan fingerprint density at radius 3 is 2.55 bits per heavy atom. The molecule has 1 aromatic rings. The van der Waals surface area contributed by atoms with E-state index >= 15 is 0 Å². The highest BCUT2D eigenvalue weighted by Crippen LogP contribution is 2.21. The van der Waals surface area contributed by atoms with E-state index in [1.165, 1.54) is 16.8 Å². The number of benzene rings is 1. The van der Waals surface area contributed by atoms with Crippen LogP contribution in [0.25, 0.3) is 0 Å². The van der Waals surface area contributed by atoms with E-state index in [1.807, 2.05) is 6.92 Å². The molecule has 2 N–H and O–H groups in total. The van der Waals surface area contributed by atoms with Crippen LogP contribution in [0.5, 0.6) is 0 Å². The smallest absolute Gasteiger partial charge is 0.0528 e.